The monoisotopic (exact) mass is 525 g/mol. The summed E-state index contributed by atoms with van der Waals surface area (Å²) in [7, 11) is 0. The number of carboxylic acid groups (broad SMARTS) is 1. The number of rotatable bonds is 10. The predicted molar refractivity (Wildman–Crippen MR) is 148 cm³/mol. The summed E-state index contributed by atoms with van der Waals surface area (Å²) >= 11 is 0. The SMILES string of the molecule is Cc1cc(C(N)=O)cc(C)c1C[C@H](N)C(=O)N(Cc1cccc(C(=O)O)c1)Cc1ncc(-c2ccccc2)[nH]1. The maximum Gasteiger partial charge on any atom is 0.335 e. The van der Waals surface area contributed by atoms with Crippen molar-refractivity contribution in [3.8, 4) is 11.3 Å². The maximum atomic E-state index is 13.7. The molecule has 9 heteroatoms. The number of carboxylic acids is 1. The highest BCUT2D eigenvalue weighted by Crippen LogP contribution is 2.21. The van der Waals surface area contributed by atoms with E-state index in [2.05, 4.69) is 9.97 Å². The van der Waals surface area contributed by atoms with Crippen LogP contribution in [-0.2, 0) is 24.3 Å². The lowest BCUT2D eigenvalue weighted by Crippen LogP contribution is -2.44. The van der Waals surface area contributed by atoms with Gasteiger partial charge in [0.05, 0.1) is 30.0 Å². The van der Waals surface area contributed by atoms with Crippen LogP contribution in [0.15, 0.2) is 72.9 Å². The topological polar surface area (TPSA) is 155 Å². The van der Waals surface area contributed by atoms with E-state index >= 15 is 0 Å². The second-order valence-corrected chi connectivity index (χ2v) is 9.57. The first-order valence-corrected chi connectivity index (χ1v) is 12.5. The van der Waals surface area contributed by atoms with Gasteiger partial charge >= 0.3 is 5.97 Å². The highest BCUT2D eigenvalue weighted by atomic mass is 16.4. The van der Waals surface area contributed by atoms with Gasteiger partial charge in [0, 0.05) is 12.1 Å². The summed E-state index contributed by atoms with van der Waals surface area (Å²) in [6, 6.07) is 18.7. The number of hydrogen-bond acceptors (Lipinski definition) is 5. The number of amides is 2. The Morgan fingerprint density at radius 2 is 1.64 bits per heavy atom. The number of nitrogens with two attached hydrogens (primary N) is 2. The summed E-state index contributed by atoms with van der Waals surface area (Å²) in [6.45, 7) is 4.01. The smallest absolute Gasteiger partial charge is 0.335 e. The van der Waals surface area contributed by atoms with Gasteiger partial charge in [-0.2, -0.15) is 0 Å². The Labute approximate surface area is 226 Å². The molecule has 6 N–H and O–H groups in total. The van der Waals surface area contributed by atoms with Crippen molar-refractivity contribution in [1.29, 1.82) is 0 Å². The first-order valence-electron chi connectivity index (χ1n) is 12.5. The molecule has 1 atom stereocenters. The average molecular weight is 526 g/mol. The quantitative estimate of drug-likeness (QED) is 0.248. The molecule has 0 unspecified atom stereocenters. The maximum absolute atomic E-state index is 13.7. The van der Waals surface area contributed by atoms with Gasteiger partial charge in [-0.05, 0) is 72.4 Å². The van der Waals surface area contributed by atoms with E-state index in [1.807, 2.05) is 44.2 Å². The summed E-state index contributed by atoms with van der Waals surface area (Å²) in [5.74, 6) is -1.31. The number of benzene rings is 3. The van der Waals surface area contributed by atoms with Gasteiger partial charge in [0.2, 0.25) is 11.8 Å². The van der Waals surface area contributed by atoms with Crippen molar-refractivity contribution in [2.45, 2.75) is 39.4 Å². The van der Waals surface area contributed by atoms with E-state index in [0.717, 1.165) is 27.9 Å². The zero-order valence-corrected chi connectivity index (χ0v) is 21.8. The number of aromatic nitrogens is 2. The van der Waals surface area contributed by atoms with Crippen molar-refractivity contribution in [3.05, 3.63) is 112 Å². The van der Waals surface area contributed by atoms with Crippen LogP contribution < -0.4 is 11.5 Å². The molecule has 4 aromatic rings. The number of nitrogens with zero attached hydrogens (tertiary/aromatic N) is 2. The summed E-state index contributed by atoms with van der Waals surface area (Å²) < 4.78 is 0. The number of carbonyl (C=O) groups excluding carboxylic acids is 2. The van der Waals surface area contributed by atoms with Crippen molar-refractivity contribution in [3.63, 3.8) is 0 Å². The molecule has 3 aromatic carbocycles. The third-order valence-electron chi connectivity index (χ3n) is 6.63. The van der Waals surface area contributed by atoms with E-state index in [1.54, 1.807) is 41.4 Å². The molecule has 0 saturated carbocycles. The van der Waals surface area contributed by atoms with Crippen LogP contribution in [0.1, 0.15) is 48.8 Å². The Balaban J connectivity index is 1.60. The Kier molecular flexibility index (Phi) is 8.21. The molecular formula is C30H31N5O4. The molecule has 9 nitrogen and oxygen atoms in total. The summed E-state index contributed by atoms with van der Waals surface area (Å²) in [6.07, 6.45) is 1.97. The molecule has 0 aliphatic rings. The Bertz CT molecular complexity index is 1490. The van der Waals surface area contributed by atoms with Crippen molar-refractivity contribution < 1.29 is 19.5 Å². The number of hydrogen-bond donors (Lipinski definition) is 4. The third kappa shape index (κ3) is 6.58. The Morgan fingerprint density at radius 3 is 2.28 bits per heavy atom. The Morgan fingerprint density at radius 1 is 0.949 bits per heavy atom. The van der Waals surface area contributed by atoms with Crippen LogP contribution in [0, 0.1) is 13.8 Å². The van der Waals surface area contributed by atoms with Crippen LogP contribution in [0.5, 0.6) is 0 Å². The van der Waals surface area contributed by atoms with E-state index in [9.17, 15) is 19.5 Å². The zero-order valence-electron chi connectivity index (χ0n) is 21.8. The second kappa shape index (κ2) is 11.7. The first kappa shape index (κ1) is 27.3. The second-order valence-electron chi connectivity index (χ2n) is 9.57. The molecule has 1 aromatic heterocycles. The van der Waals surface area contributed by atoms with Crippen molar-refractivity contribution >= 4 is 17.8 Å². The van der Waals surface area contributed by atoms with Crippen LogP contribution in [0.3, 0.4) is 0 Å². The molecule has 0 aliphatic carbocycles. The molecule has 0 radical (unpaired) electrons. The minimum absolute atomic E-state index is 0.134. The normalized spacial score (nSPS) is 11.7. The van der Waals surface area contributed by atoms with Crippen LogP contribution in [0.2, 0.25) is 0 Å². The molecule has 1 heterocycles. The largest absolute Gasteiger partial charge is 0.478 e. The van der Waals surface area contributed by atoms with E-state index in [1.165, 1.54) is 6.07 Å². The summed E-state index contributed by atoms with van der Waals surface area (Å²) in [4.78, 5) is 46.2. The summed E-state index contributed by atoms with van der Waals surface area (Å²) in [5, 5.41) is 9.41. The molecular weight excluding hydrogens is 494 g/mol. The fourth-order valence-corrected chi connectivity index (χ4v) is 4.62. The number of aryl methyl sites for hydroxylation is 2. The number of nitrogens with one attached hydrogen (secondary N) is 1. The molecule has 39 heavy (non-hydrogen) atoms. The standard InChI is InChI=1S/C30H31N5O4/c1-18-11-23(28(32)36)12-19(2)24(18)14-25(31)29(37)35(16-20-7-6-10-22(13-20)30(38)39)17-27-33-15-26(34-27)21-8-4-3-5-9-21/h3-13,15,25H,14,16-17,31H2,1-2H3,(H2,32,36)(H,33,34)(H,38,39)/t25-/m0/s1. The van der Waals surface area contributed by atoms with Crippen molar-refractivity contribution in [2.24, 2.45) is 11.5 Å². The van der Waals surface area contributed by atoms with Gasteiger partial charge in [0.1, 0.15) is 5.82 Å². The van der Waals surface area contributed by atoms with Gasteiger partial charge in [-0.3, -0.25) is 9.59 Å². The van der Waals surface area contributed by atoms with Crippen LogP contribution in [-0.4, -0.2) is 43.8 Å². The molecule has 0 aliphatic heterocycles. The molecule has 0 spiro atoms. The molecule has 0 fully saturated rings. The minimum atomic E-state index is -1.05. The van der Waals surface area contributed by atoms with Crippen LogP contribution in [0.25, 0.3) is 11.3 Å². The fraction of sp³-hybridized carbons (Fsp3) is 0.200. The fourth-order valence-electron chi connectivity index (χ4n) is 4.62. The van der Waals surface area contributed by atoms with Gasteiger partial charge < -0.3 is 26.5 Å². The zero-order chi connectivity index (χ0) is 28.1. The highest BCUT2D eigenvalue weighted by molar-refractivity contribution is 5.93. The molecule has 0 bridgehead atoms. The number of aromatic amines is 1. The number of imidazole rings is 1. The number of aromatic carboxylic acids is 1. The molecule has 4 rings (SSSR count). The lowest BCUT2D eigenvalue weighted by atomic mass is 9.93. The number of primary amides is 1. The van der Waals surface area contributed by atoms with Gasteiger partial charge in [-0.15, -0.1) is 0 Å². The lowest BCUT2D eigenvalue weighted by Gasteiger charge is -2.26. The van der Waals surface area contributed by atoms with Gasteiger partial charge in [-0.1, -0.05) is 42.5 Å². The van der Waals surface area contributed by atoms with Crippen molar-refractivity contribution in [2.75, 3.05) is 0 Å². The predicted octanol–water partition coefficient (Wildman–Crippen LogP) is 3.59. The van der Waals surface area contributed by atoms with Gasteiger partial charge in [-0.25, -0.2) is 9.78 Å². The molecule has 2 amide bonds. The number of carbonyl (C=O) groups is 3. The highest BCUT2D eigenvalue weighted by Gasteiger charge is 2.25. The Hall–Kier alpha value is -4.76. The first-order chi connectivity index (χ1) is 18.6. The van der Waals surface area contributed by atoms with Crippen LogP contribution in [0.4, 0.5) is 0 Å². The van der Waals surface area contributed by atoms with Gasteiger partial charge in [0.15, 0.2) is 0 Å². The number of H-pyrrole nitrogens is 1. The van der Waals surface area contributed by atoms with E-state index < -0.39 is 17.9 Å². The van der Waals surface area contributed by atoms with E-state index in [0.29, 0.717) is 17.0 Å². The summed E-state index contributed by atoms with van der Waals surface area (Å²) in [5.41, 5.74) is 17.4. The van der Waals surface area contributed by atoms with E-state index in [4.69, 9.17) is 11.5 Å². The van der Waals surface area contributed by atoms with E-state index in [-0.39, 0.29) is 31.0 Å². The lowest BCUT2D eigenvalue weighted by molar-refractivity contribution is -0.134. The third-order valence-corrected chi connectivity index (χ3v) is 6.63. The van der Waals surface area contributed by atoms with Crippen LogP contribution >= 0.6 is 0 Å². The minimum Gasteiger partial charge on any atom is -0.478 e. The van der Waals surface area contributed by atoms with Gasteiger partial charge in [0.25, 0.3) is 0 Å². The molecule has 200 valence electrons. The average Bonchev–Trinajstić information content (AvgIpc) is 3.39. The molecule has 0 saturated heterocycles. The van der Waals surface area contributed by atoms with Crippen molar-refractivity contribution in [1.82, 2.24) is 14.9 Å².